The van der Waals surface area contributed by atoms with E-state index in [0.717, 1.165) is 5.56 Å². The highest BCUT2D eigenvalue weighted by Gasteiger charge is 2.07. The average molecular weight is 194 g/mol. The van der Waals surface area contributed by atoms with Crippen LogP contribution in [-0.2, 0) is 4.74 Å². The van der Waals surface area contributed by atoms with E-state index in [2.05, 4.69) is 4.74 Å². The van der Waals surface area contributed by atoms with Gasteiger partial charge in [0.1, 0.15) is 0 Å². The van der Waals surface area contributed by atoms with Crippen LogP contribution < -0.4 is 0 Å². The zero-order valence-corrected chi connectivity index (χ0v) is 8.36. The van der Waals surface area contributed by atoms with Crippen molar-refractivity contribution in [2.24, 2.45) is 0 Å². The molecular formula is C11H14O3. The largest absolute Gasteiger partial charge is 0.465 e. The molecule has 0 bridgehead atoms. The van der Waals surface area contributed by atoms with Gasteiger partial charge in [-0.15, -0.1) is 0 Å². The number of hydrogen-bond acceptors (Lipinski definition) is 3. The Morgan fingerprint density at radius 3 is 2.43 bits per heavy atom. The van der Waals surface area contributed by atoms with Crippen LogP contribution in [0.4, 0.5) is 0 Å². The van der Waals surface area contributed by atoms with Gasteiger partial charge < -0.3 is 9.84 Å². The topological polar surface area (TPSA) is 46.5 Å². The predicted molar refractivity (Wildman–Crippen MR) is 53.0 cm³/mol. The normalized spacial score (nSPS) is 12.2. The Morgan fingerprint density at radius 2 is 2.00 bits per heavy atom. The Kier molecular flexibility index (Phi) is 3.65. The van der Waals surface area contributed by atoms with Gasteiger partial charge in [-0.05, 0) is 24.1 Å². The first-order valence-corrected chi connectivity index (χ1v) is 4.55. The summed E-state index contributed by atoms with van der Waals surface area (Å²) in [4.78, 5) is 11.1. The third-order valence-electron chi connectivity index (χ3n) is 2.10. The summed E-state index contributed by atoms with van der Waals surface area (Å²) in [7, 11) is 1.34. The van der Waals surface area contributed by atoms with Crippen molar-refractivity contribution in [3.63, 3.8) is 0 Å². The van der Waals surface area contributed by atoms with Crippen molar-refractivity contribution >= 4 is 5.97 Å². The van der Waals surface area contributed by atoms with Gasteiger partial charge in [0, 0.05) is 0 Å². The van der Waals surface area contributed by atoms with Gasteiger partial charge in [-0.1, -0.05) is 19.1 Å². The Labute approximate surface area is 83.3 Å². The molecule has 0 saturated carbocycles. The van der Waals surface area contributed by atoms with E-state index in [0.29, 0.717) is 12.0 Å². The molecule has 1 rings (SSSR count). The molecule has 1 unspecified atom stereocenters. The summed E-state index contributed by atoms with van der Waals surface area (Å²) in [5.74, 6) is -0.359. The number of esters is 1. The van der Waals surface area contributed by atoms with E-state index in [1.165, 1.54) is 7.11 Å². The molecule has 1 aromatic carbocycles. The maximum atomic E-state index is 11.1. The van der Waals surface area contributed by atoms with Crippen molar-refractivity contribution in [1.29, 1.82) is 0 Å². The zero-order valence-electron chi connectivity index (χ0n) is 8.36. The highest BCUT2D eigenvalue weighted by atomic mass is 16.5. The molecule has 0 fully saturated rings. The highest BCUT2D eigenvalue weighted by Crippen LogP contribution is 2.16. The lowest BCUT2D eigenvalue weighted by atomic mass is 10.1. The van der Waals surface area contributed by atoms with E-state index in [1.807, 2.05) is 6.92 Å². The molecule has 14 heavy (non-hydrogen) atoms. The second-order valence-electron chi connectivity index (χ2n) is 3.04. The SMILES string of the molecule is CCC(O)c1ccc(C(=O)OC)cc1. The van der Waals surface area contributed by atoms with Crippen molar-refractivity contribution < 1.29 is 14.6 Å². The molecule has 0 aliphatic carbocycles. The Morgan fingerprint density at radius 1 is 1.43 bits per heavy atom. The fourth-order valence-electron chi connectivity index (χ4n) is 1.19. The van der Waals surface area contributed by atoms with Gasteiger partial charge in [0.15, 0.2) is 0 Å². The molecule has 0 spiro atoms. The van der Waals surface area contributed by atoms with Crippen LogP contribution in [0, 0.1) is 0 Å². The van der Waals surface area contributed by atoms with Gasteiger partial charge in [-0.2, -0.15) is 0 Å². The Bertz CT molecular complexity index is 303. The number of methoxy groups -OCH3 is 1. The molecule has 0 saturated heterocycles. The molecule has 0 heterocycles. The number of benzene rings is 1. The second-order valence-corrected chi connectivity index (χ2v) is 3.04. The van der Waals surface area contributed by atoms with E-state index in [-0.39, 0.29) is 5.97 Å². The molecule has 0 aromatic heterocycles. The lowest BCUT2D eigenvalue weighted by Gasteiger charge is -2.07. The molecule has 3 heteroatoms. The number of carbonyl (C=O) groups excluding carboxylic acids is 1. The standard InChI is InChI=1S/C11H14O3/c1-3-10(12)8-4-6-9(7-5-8)11(13)14-2/h4-7,10,12H,3H2,1-2H3. The van der Waals surface area contributed by atoms with Gasteiger partial charge in [0.05, 0.1) is 18.8 Å². The Balaban J connectivity index is 2.83. The maximum absolute atomic E-state index is 11.1. The maximum Gasteiger partial charge on any atom is 0.337 e. The summed E-state index contributed by atoms with van der Waals surface area (Å²) < 4.78 is 4.56. The highest BCUT2D eigenvalue weighted by molar-refractivity contribution is 5.89. The van der Waals surface area contributed by atoms with Gasteiger partial charge in [-0.3, -0.25) is 0 Å². The summed E-state index contributed by atoms with van der Waals surface area (Å²) >= 11 is 0. The molecular weight excluding hydrogens is 180 g/mol. The molecule has 1 aromatic rings. The van der Waals surface area contributed by atoms with Crippen LogP contribution in [0.5, 0.6) is 0 Å². The van der Waals surface area contributed by atoms with Gasteiger partial charge in [0.25, 0.3) is 0 Å². The fourth-order valence-corrected chi connectivity index (χ4v) is 1.19. The average Bonchev–Trinajstić information content (AvgIpc) is 2.27. The van der Waals surface area contributed by atoms with Crippen LogP contribution in [0.25, 0.3) is 0 Å². The molecule has 1 atom stereocenters. The lowest BCUT2D eigenvalue weighted by molar-refractivity contribution is 0.0600. The van der Waals surface area contributed by atoms with Gasteiger partial charge >= 0.3 is 5.97 Å². The van der Waals surface area contributed by atoms with E-state index in [4.69, 9.17) is 0 Å². The predicted octanol–water partition coefficient (Wildman–Crippen LogP) is 1.92. The van der Waals surface area contributed by atoms with Crippen molar-refractivity contribution in [1.82, 2.24) is 0 Å². The van der Waals surface area contributed by atoms with Crippen molar-refractivity contribution in [2.45, 2.75) is 19.4 Å². The van der Waals surface area contributed by atoms with E-state index < -0.39 is 6.10 Å². The van der Waals surface area contributed by atoms with Crippen LogP contribution in [0.3, 0.4) is 0 Å². The smallest absolute Gasteiger partial charge is 0.337 e. The monoisotopic (exact) mass is 194 g/mol. The van der Waals surface area contributed by atoms with E-state index in [9.17, 15) is 9.90 Å². The quantitative estimate of drug-likeness (QED) is 0.748. The third-order valence-corrected chi connectivity index (χ3v) is 2.10. The molecule has 1 N–H and O–H groups in total. The first-order chi connectivity index (χ1) is 6.69. The number of rotatable bonds is 3. The number of carbonyl (C=O) groups is 1. The summed E-state index contributed by atoms with van der Waals surface area (Å²) in [5.41, 5.74) is 1.32. The molecule has 0 radical (unpaired) electrons. The minimum Gasteiger partial charge on any atom is -0.465 e. The van der Waals surface area contributed by atoms with Crippen LogP contribution in [0.2, 0.25) is 0 Å². The van der Waals surface area contributed by atoms with Crippen molar-refractivity contribution in [2.75, 3.05) is 7.11 Å². The van der Waals surface area contributed by atoms with Gasteiger partial charge in [0.2, 0.25) is 0 Å². The molecule has 3 nitrogen and oxygen atoms in total. The summed E-state index contributed by atoms with van der Waals surface area (Å²) in [5, 5.41) is 9.50. The fraction of sp³-hybridized carbons (Fsp3) is 0.364. The zero-order chi connectivity index (χ0) is 10.6. The van der Waals surface area contributed by atoms with Crippen molar-refractivity contribution in [3.8, 4) is 0 Å². The van der Waals surface area contributed by atoms with Crippen molar-refractivity contribution in [3.05, 3.63) is 35.4 Å². The van der Waals surface area contributed by atoms with Crippen LogP contribution in [-0.4, -0.2) is 18.2 Å². The number of aliphatic hydroxyl groups excluding tert-OH is 1. The summed E-state index contributed by atoms with van der Waals surface area (Å²) in [6.45, 7) is 1.90. The number of hydrogen-bond donors (Lipinski definition) is 1. The molecule has 76 valence electrons. The number of ether oxygens (including phenoxy) is 1. The second kappa shape index (κ2) is 4.77. The summed E-state index contributed by atoms with van der Waals surface area (Å²) in [6.07, 6.45) is 0.207. The molecule has 0 aliphatic heterocycles. The molecule has 0 aliphatic rings. The Hall–Kier alpha value is -1.35. The van der Waals surface area contributed by atoms with Crippen LogP contribution in [0.1, 0.15) is 35.4 Å². The number of aliphatic hydroxyl groups is 1. The first kappa shape index (κ1) is 10.7. The van der Waals surface area contributed by atoms with Gasteiger partial charge in [-0.25, -0.2) is 4.79 Å². The lowest BCUT2D eigenvalue weighted by Crippen LogP contribution is -2.02. The minimum absolute atomic E-state index is 0.359. The van der Waals surface area contributed by atoms with E-state index >= 15 is 0 Å². The van der Waals surface area contributed by atoms with Crippen LogP contribution in [0.15, 0.2) is 24.3 Å². The third kappa shape index (κ3) is 2.33. The summed E-state index contributed by atoms with van der Waals surface area (Å²) in [6, 6.07) is 6.78. The van der Waals surface area contributed by atoms with Crippen LogP contribution >= 0.6 is 0 Å². The van der Waals surface area contributed by atoms with E-state index in [1.54, 1.807) is 24.3 Å². The minimum atomic E-state index is -0.457. The molecule has 0 amide bonds. The first-order valence-electron chi connectivity index (χ1n) is 4.55.